The van der Waals surface area contributed by atoms with Crippen molar-refractivity contribution in [3.8, 4) is 11.5 Å². The maximum absolute atomic E-state index is 14.7. The second-order valence-electron chi connectivity index (χ2n) is 13.0. The highest BCUT2D eigenvalue weighted by Gasteiger charge is 2.63. The van der Waals surface area contributed by atoms with Crippen molar-refractivity contribution in [3.05, 3.63) is 89.5 Å². The van der Waals surface area contributed by atoms with Crippen LogP contribution < -0.4 is 14.4 Å². The molecule has 0 radical (unpaired) electrons. The van der Waals surface area contributed by atoms with Gasteiger partial charge in [-0.1, -0.05) is 42.5 Å². The third kappa shape index (κ3) is 5.08. The van der Waals surface area contributed by atoms with Gasteiger partial charge in [0.05, 0.1) is 51.9 Å². The molecule has 3 aromatic carbocycles. The summed E-state index contributed by atoms with van der Waals surface area (Å²) in [6.07, 6.45) is 3.09. The Morgan fingerprint density at radius 2 is 1.64 bits per heavy atom. The Morgan fingerprint density at radius 3 is 2.40 bits per heavy atom. The quantitative estimate of drug-likeness (QED) is 0.318. The number of carbonyl (C=O) groups excluding carboxylic acids is 2. The Balaban J connectivity index is 1.17. The molecule has 0 bridgehead atoms. The van der Waals surface area contributed by atoms with Crippen LogP contribution >= 0.6 is 0 Å². The van der Waals surface area contributed by atoms with Crippen molar-refractivity contribution in [1.82, 2.24) is 4.90 Å². The van der Waals surface area contributed by atoms with E-state index in [0.717, 1.165) is 72.6 Å². The van der Waals surface area contributed by atoms with E-state index in [2.05, 4.69) is 23.1 Å². The van der Waals surface area contributed by atoms with Crippen molar-refractivity contribution < 1.29 is 28.5 Å². The first-order valence-corrected chi connectivity index (χ1v) is 16.1. The van der Waals surface area contributed by atoms with E-state index in [-0.39, 0.29) is 35.9 Å². The summed E-state index contributed by atoms with van der Waals surface area (Å²) in [5.41, 5.74) is 3.49. The van der Waals surface area contributed by atoms with Crippen LogP contribution in [0.1, 0.15) is 42.4 Å². The number of esters is 1. The van der Waals surface area contributed by atoms with E-state index >= 15 is 0 Å². The Morgan fingerprint density at radius 1 is 0.911 bits per heavy atom. The molecule has 3 aliphatic heterocycles. The number of hydrogen-bond donors (Lipinski definition) is 0. The fourth-order valence-electron chi connectivity index (χ4n) is 8.83. The minimum Gasteiger partial charge on any atom is -0.497 e. The number of methoxy groups -OCH3 is 3. The molecule has 45 heavy (non-hydrogen) atoms. The van der Waals surface area contributed by atoms with Crippen LogP contribution in [0.15, 0.2) is 72.8 Å². The average Bonchev–Trinajstić information content (AvgIpc) is 3.57. The van der Waals surface area contributed by atoms with Gasteiger partial charge in [0.2, 0.25) is 5.91 Å². The highest BCUT2D eigenvalue weighted by molar-refractivity contribution is 6.09. The van der Waals surface area contributed by atoms with E-state index in [9.17, 15) is 9.59 Å². The van der Waals surface area contributed by atoms with E-state index in [1.807, 2.05) is 59.5 Å². The summed E-state index contributed by atoms with van der Waals surface area (Å²) >= 11 is 0. The molecular weight excluding hydrogens is 568 g/mol. The number of ether oxygens (including phenoxy) is 4. The number of benzene rings is 3. The normalized spacial score (nSPS) is 28.8. The Hall–Kier alpha value is -3.88. The number of carbonyl (C=O) groups is 2. The van der Waals surface area contributed by atoms with Crippen LogP contribution in [-0.4, -0.2) is 63.3 Å². The predicted molar refractivity (Wildman–Crippen MR) is 170 cm³/mol. The molecule has 7 rings (SSSR count). The number of hydrogen-bond acceptors (Lipinski definition) is 7. The zero-order chi connectivity index (χ0) is 31.1. The number of para-hydroxylation sites is 1. The number of anilines is 1. The molecule has 8 heteroatoms. The summed E-state index contributed by atoms with van der Waals surface area (Å²) in [6.45, 7) is 2.65. The summed E-state index contributed by atoms with van der Waals surface area (Å²) in [5, 5.41) is 0. The first-order chi connectivity index (χ1) is 22.0. The maximum Gasteiger partial charge on any atom is 0.311 e. The highest BCUT2D eigenvalue weighted by atomic mass is 16.5. The number of rotatable bonds is 8. The molecule has 3 fully saturated rings. The molecule has 2 saturated heterocycles. The average molecular weight is 611 g/mol. The molecule has 1 amide bonds. The van der Waals surface area contributed by atoms with Crippen molar-refractivity contribution in [2.45, 2.75) is 56.4 Å². The molecule has 3 heterocycles. The Kier molecular flexibility index (Phi) is 8.04. The highest BCUT2D eigenvalue weighted by Crippen LogP contribution is 2.56. The molecule has 0 N–H and O–H groups in total. The van der Waals surface area contributed by atoms with Gasteiger partial charge in [0.1, 0.15) is 11.5 Å². The van der Waals surface area contributed by atoms with Gasteiger partial charge in [0, 0.05) is 18.3 Å². The molecule has 6 atom stereocenters. The summed E-state index contributed by atoms with van der Waals surface area (Å²) in [6, 6.07) is 24.1. The van der Waals surface area contributed by atoms with Gasteiger partial charge in [-0.25, -0.2) is 0 Å². The second kappa shape index (κ2) is 12.1. The van der Waals surface area contributed by atoms with E-state index in [1.165, 1.54) is 7.11 Å². The third-order valence-electron chi connectivity index (χ3n) is 10.9. The van der Waals surface area contributed by atoms with Gasteiger partial charge in [-0.05, 0) is 91.1 Å². The van der Waals surface area contributed by atoms with Crippen molar-refractivity contribution in [2.75, 3.05) is 39.3 Å². The molecular formula is C37H42N2O6. The van der Waals surface area contributed by atoms with Crippen molar-refractivity contribution >= 4 is 17.6 Å². The van der Waals surface area contributed by atoms with Gasteiger partial charge in [-0.15, -0.1) is 0 Å². The molecule has 1 saturated carbocycles. The largest absolute Gasteiger partial charge is 0.497 e. The molecule has 1 aliphatic carbocycles. The van der Waals surface area contributed by atoms with E-state index < -0.39 is 5.41 Å². The predicted octanol–water partition coefficient (Wildman–Crippen LogP) is 5.37. The van der Waals surface area contributed by atoms with Crippen molar-refractivity contribution in [3.63, 3.8) is 0 Å². The van der Waals surface area contributed by atoms with Crippen molar-refractivity contribution in [1.29, 1.82) is 0 Å². The van der Waals surface area contributed by atoms with Gasteiger partial charge < -0.3 is 23.8 Å². The second-order valence-corrected chi connectivity index (χ2v) is 13.0. The van der Waals surface area contributed by atoms with Gasteiger partial charge in [0.15, 0.2) is 0 Å². The fourth-order valence-corrected chi connectivity index (χ4v) is 8.83. The van der Waals surface area contributed by atoms with Crippen LogP contribution in [0.4, 0.5) is 5.69 Å². The lowest BCUT2D eigenvalue weighted by Gasteiger charge is -2.50. The third-order valence-corrected chi connectivity index (χ3v) is 10.9. The van der Waals surface area contributed by atoms with E-state index in [1.54, 1.807) is 14.2 Å². The topological polar surface area (TPSA) is 77.5 Å². The van der Waals surface area contributed by atoms with Gasteiger partial charge in [-0.3, -0.25) is 14.5 Å². The first-order valence-electron chi connectivity index (χ1n) is 16.1. The minimum absolute atomic E-state index is 0.00648. The van der Waals surface area contributed by atoms with Crippen LogP contribution in [0.3, 0.4) is 0 Å². The van der Waals surface area contributed by atoms with E-state index in [0.29, 0.717) is 19.1 Å². The van der Waals surface area contributed by atoms with Crippen molar-refractivity contribution in [2.24, 2.45) is 17.8 Å². The standard InChI is InChI=1S/C37H42N2O6/c1-42-27-10-6-8-24(18-27)21-39-31-13-5-4-12-30(31)37(36(39)41)16-17-38-22-26-14-15-32(34(35(40)44-3)29(26)20-33(37)38)45-23-25-9-7-11-28(19-25)43-2/h4-13,18-19,26,29,32-34H,14-17,20-23H2,1-3H3/t26?,29-,32-,33-,34+,37-/m0/s1. The fraction of sp³-hybridized carbons (Fsp3) is 0.459. The summed E-state index contributed by atoms with van der Waals surface area (Å²) < 4.78 is 22.8. The summed E-state index contributed by atoms with van der Waals surface area (Å²) in [5.74, 6) is 1.57. The number of piperidine rings is 1. The zero-order valence-electron chi connectivity index (χ0n) is 26.3. The molecule has 8 nitrogen and oxygen atoms in total. The van der Waals surface area contributed by atoms with Crippen LogP contribution in [0.25, 0.3) is 0 Å². The lowest BCUT2D eigenvalue weighted by molar-refractivity contribution is -0.165. The number of fused-ring (bicyclic) bond motifs is 5. The number of nitrogens with zero attached hydrogens (tertiary/aromatic N) is 2. The molecule has 236 valence electrons. The molecule has 1 unspecified atom stereocenters. The van der Waals surface area contributed by atoms with Crippen LogP contribution in [0.5, 0.6) is 11.5 Å². The minimum atomic E-state index is -0.643. The number of amides is 1. The van der Waals surface area contributed by atoms with Gasteiger partial charge in [0.25, 0.3) is 0 Å². The smallest absolute Gasteiger partial charge is 0.311 e. The first kappa shape index (κ1) is 29.8. The van der Waals surface area contributed by atoms with Crippen LogP contribution in [0.2, 0.25) is 0 Å². The molecule has 0 aromatic heterocycles. The molecule has 4 aliphatic rings. The van der Waals surface area contributed by atoms with Gasteiger partial charge >= 0.3 is 5.97 Å². The zero-order valence-corrected chi connectivity index (χ0v) is 26.3. The SMILES string of the molecule is COC(=O)[C@H]1[C@@H](OCc2cccc(OC)c2)CCC2CN3CC[C@@]4(C(=O)N(Cc5cccc(OC)c5)c5ccccc54)[C@@H]3C[C@@H]21. The monoisotopic (exact) mass is 610 g/mol. The Bertz CT molecular complexity index is 1580. The Labute approximate surface area is 265 Å². The maximum atomic E-state index is 14.7. The molecule has 3 aromatic rings. The lowest BCUT2D eigenvalue weighted by Crippen LogP contribution is -2.58. The van der Waals surface area contributed by atoms with Crippen LogP contribution in [0, 0.1) is 17.8 Å². The van der Waals surface area contributed by atoms with Gasteiger partial charge in [-0.2, -0.15) is 0 Å². The van der Waals surface area contributed by atoms with Crippen LogP contribution in [-0.2, 0) is 37.6 Å². The van der Waals surface area contributed by atoms with E-state index in [4.69, 9.17) is 18.9 Å². The lowest BCUT2D eigenvalue weighted by atomic mass is 9.62. The summed E-state index contributed by atoms with van der Waals surface area (Å²) in [7, 11) is 4.79. The summed E-state index contributed by atoms with van der Waals surface area (Å²) in [4.78, 5) is 32.8. The molecule has 1 spiro atoms.